The topological polar surface area (TPSA) is 61.4 Å². The molecule has 0 spiro atoms. The normalized spacial score (nSPS) is 16.2. The molecule has 27 heavy (non-hydrogen) atoms. The van der Waals surface area contributed by atoms with Gasteiger partial charge in [-0.3, -0.25) is 9.69 Å². The van der Waals surface area contributed by atoms with Crippen molar-refractivity contribution in [2.75, 3.05) is 37.6 Å². The fraction of sp³-hybridized carbons (Fsp3) is 0.450. The summed E-state index contributed by atoms with van der Waals surface area (Å²) in [4.78, 5) is 25.5. The second kappa shape index (κ2) is 8.43. The molecule has 0 saturated carbocycles. The molecule has 1 saturated heterocycles. The number of amides is 1. The van der Waals surface area contributed by atoms with Gasteiger partial charge in [0.1, 0.15) is 17.5 Å². The van der Waals surface area contributed by atoms with Crippen molar-refractivity contribution < 1.29 is 9.18 Å². The molecule has 1 atom stereocenters. The van der Waals surface area contributed by atoms with E-state index in [9.17, 15) is 9.18 Å². The van der Waals surface area contributed by atoms with Gasteiger partial charge in [-0.1, -0.05) is 12.1 Å². The molecule has 1 N–H and O–H groups in total. The van der Waals surface area contributed by atoms with E-state index in [1.165, 1.54) is 12.1 Å². The van der Waals surface area contributed by atoms with E-state index in [4.69, 9.17) is 0 Å². The van der Waals surface area contributed by atoms with E-state index >= 15 is 0 Å². The molecule has 1 aromatic heterocycles. The molecule has 1 aromatic carbocycles. The Morgan fingerprint density at radius 1 is 1.15 bits per heavy atom. The van der Waals surface area contributed by atoms with Crippen LogP contribution in [0.2, 0.25) is 0 Å². The van der Waals surface area contributed by atoms with Crippen molar-refractivity contribution in [1.82, 2.24) is 20.2 Å². The summed E-state index contributed by atoms with van der Waals surface area (Å²) in [7, 11) is 0. The molecule has 0 aliphatic carbocycles. The third kappa shape index (κ3) is 5.23. The summed E-state index contributed by atoms with van der Waals surface area (Å²) in [5.74, 6) is 1.44. The Kier molecular flexibility index (Phi) is 6.01. The highest BCUT2D eigenvalue weighted by molar-refractivity contribution is 5.78. The zero-order valence-electron chi connectivity index (χ0n) is 16.1. The number of nitrogens with zero attached hydrogens (tertiary/aromatic N) is 4. The first kappa shape index (κ1) is 19.2. The Labute approximate surface area is 159 Å². The maximum Gasteiger partial charge on any atom is 0.234 e. The molecule has 2 aromatic rings. The molecule has 0 bridgehead atoms. The van der Waals surface area contributed by atoms with Gasteiger partial charge in [-0.2, -0.15) is 0 Å². The van der Waals surface area contributed by atoms with Crippen LogP contribution in [0.3, 0.4) is 0 Å². The smallest absolute Gasteiger partial charge is 0.234 e. The molecule has 2 heterocycles. The summed E-state index contributed by atoms with van der Waals surface area (Å²) in [6.45, 7) is 9.42. The number of rotatable bonds is 5. The van der Waals surface area contributed by atoms with Crippen molar-refractivity contribution in [1.29, 1.82) is 0 Å². The number of hydrogen-bond acceptors (Lipinski definition) is 5. The molecule has 7 heteroatoms. The highest BCUT2D eigenvalue weighted by atomic mass is 19.1. The van der Waals surface area contributed by atoms with Crippen molar-refractivity contribution in [2.24, 2.45) is 0 Å². The second-order valence-corrected chi connectivity index (χ2v) is 7.02. The SMILES string of the molecule is Cc1cc(N2CCN(CC(=O)NC(C)c3ccc(F)cc3)CC2)nc(C)n1. The Morgan fingerprint density at radius 2 is 1.81 bits per heavy atom. The molecule has 1 fully saturated rings. The van der Waals surface area contributed by atoms with Crippen molar-refractivity contribution in [2.45, 2.75) is 26.8 Å². The fourth-order valence-electron chi connectivity index (χ4n) is 3.32. The molecule has 3 rings (SSSR count). The first-order valence-electron chi connectivity index (χ1n) is 9.25. The molecule has 0 radical (unpaired) electrons. The number of aryl methyl sites for hydroxylation is 2. The molecule has 144 valence electrons. The highest BCUT2D eigenvalue weighted by Gasteiger charge is 2.21. The highest BCUT2D eigenvalue weighted by Crippen LogP contribution is 2.16. The largest absolute Gasteiger partial charge is 0.354 e. The Hall–Kier alpha value is -2.54. The van der Waals surface area contributed by atoms with Gasteiger partial charge < -0.3 is 10.2 Å². The van der Waals surface area contributed by atoms with Gasteiger partial charge >= 0.3 is 0 Å². The fourth-order valence-corrected chi connectivity index (χ4v) is 3.32. The molecule has 6 nitrogen and oxygen atoms in total. The van der Waals surface area contributed by atoms with Crippen LogP contribution in [0.1, 0.15) is 30.0 Å². The van der Waals surface area contributed by atoms with Crippen molar-refractivity contribution in [3.8, 4) is 0 Å². The Bertz CT molecular complexity index is 767. The summed E-state index contributed by atoms with van der Waals surface area (Å²) in [6, 6.07) is 8.07. The van der Waals surface area contributed by atoms with E-state index in [2.05, 4.69) is 25.1 Å². The molecular weight excluding hydrogens is 345 g/mol. The first-order valence-corrected chi connectivity index (χ1v) is 9.25. The maximum absolute atomic E-state index is 13.0. The van der Waals surface area contributed by atoms with E-state index in [1.54, 1.807) is 12.1 Å². The number of benzene rings is 1. The number of nitrogens with one attached hydrogen (secondary N) is 1. The molecule has 1 aliphatic rings. The van der Waals surface area contributed by atoms with Crippen LogP contribution in [0.4, 0.5) is 10.2 Å². The van der Waals surface area contributed by atoms with E-state index in [1.807, 2.05) is 26.8 Å². The Morgan fingerprint density at radius 3 is 2.44 bits per heavy atom. The van der Waals surface area contributed by atoms with Crippen LogP contribution in [-0.4, -0.2) is 53.5 Å². The van der Waals surface area contributed by atoms with E-state index < -0.39 is 0 Å². The first-order chi connectivity index (χ1) is 12.9. The second-order valence-electron chi connectivity index (χ2n) is 7.02. The lowest BCUT2D eigenvalue weighted by Gasteiger charge is -2.35. The average Bonchev–Trinajstić information content (AvgIpc) is 2.62. The minimum Gasteiger partial charge on any atom is -0.354 e. The van der Waals surface area contributed by atoms with Gasteiger partial charge in [0.05, 0.1) is 12.6 Å². The summed E-state index contributed by atoms with van der Waals surface area (Å²) >= 11 is 0. The van der Waals surface area contributed by atoms with Gasteiger partial charge in [-0.15, -0.1) is 0 Å². The van der Waals surface area contributed by atoms with E-state index in [0.717, 1.165) is 49.1 Å². The van der Waals surface area contributed by atoms with Gasteiger partial charge in [-0.05, 0) is 38.5 Å². The zero-order chi connectivity index (χ0) is 19.4. The summed E-state index contributed by atoms with van der Waals surface area (Å²) in [6.07, 6.45) is 0. The van der Waals surface area contributed by atoms with Crippen LogP contribution in [0.25, 0.3) is 0 Å². The predicted molar refractivity (Wildman–Crippen MR) is 103 cm³/mol. The van der Waals surface area contributed by atoms with Crippen molar-refractivity contribution >= 4 is 11.7 Å². The van der Waals surface area contributed by atoms with Crippen LogP contribution in [0.15, 0.2) is 30.3 Å². The van der Waals surface area contributed by atoms with Crippen molar-refractivity contribution in [3.05, 3.63) is 53.2 Å². The lowest BCUT2D eigenvalue weighted by atomic mass is 10.1. The number of hydrogen-bond donors (Lipinski definition) is 1. The minimum atomic E-state index is -0.274. The van der Waals surface area contributed by atoms with Crippen LogP contribution in [-0.2, 0) is 4.79 Å². The number of carbonyl (C=O) groups excluding carboxylic acids is 1. The zero-order valence-corrected chi connectivity index (χ0v) is 16.1. The van der Waals surface area contributed by atoms with Gasteiger partial charge in [0.25, 0.3) is 0 Å². The summed E-state index contributed by atoms with van der Waals surface area (Å²) < 4.78 is 13.0. The van der Waals surface area contributed by atoms with E-state index in [-0.39, 0.29) is 17.8 Å². The summed E-state index contributed by atoms with van der Waals surface area (Å²) in [5.41, 5.74) is 1.86. The van der Waals surface area contributed by atoms with Gasteiger partial charge in [0.15, 0.2) is 0 Å². The predicted octanol–water partition coefficient (Wildman–Crippen LogP) is 2.23. The summed E-state index contributed by atoms with van der Waals surface area (Å²) in [5, 5.41) is 2.98. The number of carbonyl (C=O) groups is 1. The number of anilines is 1. The lowest BCUT2D eigenvalue weighted by molar-refractivity contribution is -0.123. The van der Waals surface area contributed by atoms with Crippen LogP contribution >= 0.6 is 0 Å². The van der Waals surface area contributed by atoms with Crippen LogP contribution in [0, 0.1) is 19.7 Å². The Balaban J connectivity index is 1.48. The van der Waals surface area contributed by atoms with Gasteiger partial charge in [0.2, 0.25) is 5.91 Å². The quantitative estimate of drug-likeness (QED) is 0.873. The lowest BCUT2D eigenvalue weighted by Crippen LogP contribution is -2.50. The molecular formula is C20H26FN5O. The van der Waals surface area contributed by atoms with Crippen molar-refractivity contribution in [3.63, 3.8) is 0 Å². The standard InChI is InChI=1S/C20H26FN5O/c1-14-12-19(24-16(3)22-14)26-10-8-25(9-11-26)13-20(27)23-15(2)17-4-6-18(21)7-5-17/h4-7,12,15H,8-11,13H2,1-3H3,(H,23,27). The minimum absolute atomic E-state index is 0.0194. The van der Waals surface area contributed by atoms with Gasteiger partial charge in [0, 0.05) is 37.9 Å². The number of halogens is 1. The van der Waals surface area contributed by atoms with E-state index in [0.29, 0.717) is 6.54 Å². The third-order valence-electron chi connectivity index (χ3n) is 4.76. The van der Waals surface area contributed by atoms with Crippen LogP contribution in [0.5, 0.6) is 0 Å². The maximum atomic E-state index is 13.0. The van der Waals surface area contributed by atoms with Crippen LogP contribution < -0.4 is 10.2 Å². The number of aromatic nitrogens is 2. The molecule has 1 unspecified atom stereocenters. The average molecular weight is 371 g/mol. The molecule has 1 amide bonds. The number of piperazine rings is 1. The monoisotopic (exact) mass is 371 g/mol. The molecule has 1 aliphatic heterocycles. The van der Waals surface area contributed by atoms with Gasteiger partial charge in [-0.25, -0.2) is 14.4 Å². The third-order valence-corrected chi connectivity index (χ3v) is 4.76.